The Bertz CT molecular complexity index is 1220. The molecule has 0 aliphatic rings. The van der Waals surface area contributed by atoms with Crippen LogP contribution in [0.5, 0.6) is 0 Å². The Morgan fingerprint density at radius 3 is 1.29 bits per heavy atom. The normalized spacial score (nSPS) is 13.7. The molecule has 0 heterocycles. The van der Waals surface area contributed by atoms with E-state index in [1.54, 1.807) is 0 Å². The number of nitrogens with one attached hydrogen (secondary N) is 1. The molecule has 6 heteroatoms. The Kier molecular flexibility index (Phi) is 51.1. The zero-order chi connectivity index (χ0) is 48.1. The first-order valence-electron chi connectivity index (χ1n) is 28.2. The molecular formula is C60H107NO5. The van der Waals surface area contributed by atoms with Gasteiger partial charge in [0.25, 0.3) is 0 Å². The van der Waals surface area contributed by atoms with E-state index < -0.39 is 18.2 Å². The van der Waals surface area contributed by atoms with E-state index in [1.807, 2.05) is 0 Å². The smallest absolute Gasteiger partial charge is 0.306 e. The Morgan fingerprint density at radius 1 is 0.455 bits per heavy atom. The molecule has 0 saturated carbocycles. The van der Waals surface area contributed by atoms with Crippen molar-refractivity contribution in [1.82, 2.24) is 5.32 Å². The van der Waals surface area contributed by atoms with E-state index in [0.29, 0.717) is 19.3 Å². The lowest BCUT2D eigenvalue weighted by Gasteiger charge is -2.24. The van der Waals surface area contributed by atoms with Crippen LogP contribution in [-0.4, -0.2) is 46.9 Å². The van der Waals surface area contributed by atoms with Crippen molar-refractivity contribution in [2.45, 2.75) is 289 Å². The van der Waals surface area contributed by atoms with Gasteiger partial charge in [0, 0.05) is 6.42 Å². The van der Waals surface area contributed by atoms with Gasteiger partial charge in [-0.2, -0.15) is 0 Å². The summed E-state index contributed by atoms with van der Waals surface area (Å²) in [6.45, 7) is 6.36. The summed E-state index contributed by atoms with van der Waals surface area (Å²) in [5, 5.41) is 23.9. The molecule has 0 aliphatic carbocycles. The third kappa shape index (κ3) is 47.8. The molecule has 382 valence electrons. The molecule has 1 amide bonds. The molecule has 0 bridgehead atoms. The average molecular weight is 923 g/mol. The number of hydrogen-bond donors (Lipinski definition) is 3. The third-order valence-electron chi connectivity index (χ3n) is 12.5. The lowest BCUT2D eigenvalue weighted by atomic mass is 10.0. The quantitative estimate of drug-likeness (QED) is 0.0321. The largest absolute Gasteiger partial charge is 0.462 e. The van der Waals surface area contributed by atoms with Crippen LogP contribution in [0.3, 0.4) is 0 Å². The summed E-state index contributed by atoms with van der Waals surface area (Å²) >= 11 is 0. The van der Waals surface area contributed by atoms with Gasteiger partial charge in [-0.05, 0) is 89.9 Å². The Hall–Kier alpha value is -2.70. The maximum absolute atomic E-state index is 13.2. The van der Waals surface area contributed by atoms with Gasteiger partial charge in [0.15, 0.2) is 0 Å². The van der Waals surface area contributed by atoms with Gasteiger partial charge in [0.05, 0.1) is 25.2 Å². The molecular weight excluding hydrogens is 815 g/mol. The number of carbonyl (C=O) groups is 2. The van der Waals surface area contributed by atoms with Crippen LogP contribution in [0.15, 0.2) is 72.9 Å². The molecule has 0 aromatic heterocycles. The molecule has 66 heavy (non-hydrogen) atoms. The van der Waals surface area contributed by atoms with Crippen LogP contribution in [0.2, 0.25) is 0 Å². The highest BCUT2D eigenvalue weighted by molar-refractivity contribution is 5.77. The number of rotatable bonds is 50. The topological polar surface area (TPSA) is 95.9 Å². The predicted octanol–water partition coefficient (Wildman–Crippen LogP) is 17.3. The second-order valence-corrected chi connectivity index (χ2v) is 19.0. The van der Waals surface area contributed by atoms with Crippen LogP contribution in [0.25, 0.3) is 0 Å². The van der Waals surface area contributed by atoms with Crippen LogP contribution in [-0.2, 0) is 14.3 Å². The minimum atomic E-state index is -0.808. The lowest BCUT2D eigenvalue weighted by Crippen LogP contribution is -2.46. The van der Waals surface area contributed by atoms with Crippen molar-refractivity contribution >= 4 is 11.9 Å². The van der Waals surface area contributed by atoms with Crippen molar-refractivity contribution in [2.75, 3.05) is 6.61 Å². The number of hydrogen-bond acceptors (Lipinski definition) is 5. The number of aliphatic hydroxyl groups is 2. The van der Waals surface area contributed by atoms with Gasteiger partial charge in [-0.25, -0.2) is 0 Å². The highest BCUT2D eigenvalue weighted by Crippen LogP contribution is 2.17. The molecule has 0 radical (unpaired) electrons. The summed E-state index contributed by atoms with van der Waals surface area (Å²) in [6.07, 6.45) is 68.3. The van der Waals surface area contributed by atoms with Crippen molar-refractivity contribution in [1.29, 1.82) is 0 Å². The molecule has 3 unspecified atom stereocenters. The standard InChI is InChI=1S/C60H107NO5/c1-4-7-10-13-16-19-22-25-27-29-31-34-36-39-42-45-48-51-56(66-60(65)53-50-47-44-41-38-33-24-21-18-15-12-9-6-3)54-59(64)61-57(55-62)58(63)52-49-46-43-40-37-35-32-30-28-26-23-20-17-14-11-8-5-2/h7,10,16,19,25,27,31,33-34,38-39,42,56-58,62-63H,4-6,8-9,11-15,17-18,20-24,26,28-30,32,35-37,40-41,43-55H2,1-3H3,(H,61,64)/b10-7-,19-16-,27-25-,34-31-,38-33-,42-39-. The summed E-state index contributed by atoms with van der Waals surface area (Å²) < 4.78 is 5.91. The first-order valence-corrected chi connectivity index (χ1v) is 28.2. The Balaban J connectivity index is 4.65. The summed E-state index contributed by atoms with van der Waals surface area (Å²) in [6, 6.07) is -0.726. The van der Waals surface area contributed by atoms with Crippen molar-refractivity contribution in [3.8, 4) is 0 Å². The summed E-state index contributed by atoms with van der Waals surface area (Å²) in [7, 11) is 0. The predicted molar refractivity (Wildman–Crippen MR) is 287 cm³/mol. The number of amides is 1. The lowest BCUT2D eigenvalue weighted by molar-refractivity contribution is -0.151. The van der Waals surface area contributed by atoms with E-state index in [2.05, 4.69) is 99.0 Å². The molecule has 0 aliphatic heterocycles. The molecule has 0 aromatic rings. The van der Waals surface area contributed by atoms with Gasteiger partial charge in [-0.3, -0.25) is 9.59 Å². The number of aliphatic hydroxyl groups excluding tert-OH is 2. The van der Waals surface area contributed by atoms with Gasteiger partial charge in [0.2, 0.25) is 5.91 Å². The Labute approximate surface area is 409 Å². The zero-order valence-corrected chi connectivity index (χ0v) is 43.6. The Morgan fingerprint density at radius 2 is 0.833 bits per heavy atom. The fourth-order valence-electron chi connectivity index (χ4n) is 8.28. The van der Waals surface area contributed by atoms with Gasteiger partial charge >= 0.3 is 5.97 Å². The van der Waals surface area contributed by atoms with Crippen LogP contribution in [0, 0.1) is 0 Å². The second-order valence-electron chi connectivity index (χ2n) is 19.0. The van der Waals surface area contributed by atoms with Gasteiger partial charge in [-0.15, -0.1) is 0 Å². The van der Waals surface area contributed by atoms with E-state index in [-0.39, 0.29) is 24.9 Å². The maximum Gasteiger partial charge on any atom is 0.306 e. The summed E-state index contributed by atoms with van der Waals surface area (Å²) in [5.74, 6) is -0.547. The molecule has 0 rings (SSSR count). The summed E-state index contributed by atoms with van der Waals surface area (Å²) in [4.78, 5) is 26.2. The number of carbonyl (C=O) groups excluding carboxylic acids is 2. The molecule has 3 atom stereocenters. The van der Waals surface area contributed by atoms with Crippen molar-refractivity contribution in [2.24, 2.45) is 0 Å². The van der Waals surface area contributed by atoms with Crippen molar-refractivity contribution in [3.05, 3.63) is 72.9 Å². The van der Waals surface area contributed by atoms with E-state index in [1.165, 1.54) is 128 Å². The molecule has 3 N–H and O–H groups in total. The van der Waals surface area contributed by atoms with E-state index in [9.17, 15) is 19.8 Å². The van der Waals surface area contributed by atoms with Gasteiger partial charge in [-0.1, -0.05) is 241 Å². The van der Waals surface area contributed by atoms with Crippen LogP contribution < -0.4 is 5.32 Å². The van der Waals surface area contributed by atoms with Crippen LogP contribution in [0.1, 0.15) is 271 Å². The van der Waals surface area contributed by atoms with Crippen molar-refractivity contribution in [3.63, 3.8) is 0 Å². The second kappa shape index (κ2) is 53.3. The number of esters is 1. The molecule has 0 saturated heterocycles. The van der Waals surface area contributed by atoms with E-state index in [4.69, 9.17) is 4.74 Å². The molecule has 0 fully saturated rings. The summed E-state index contributed by atoms with van der Waals surface area (Å²) in [5.41, 5.74) is 0. The fraction of sp³-hybridized carbons (Fsp3) is 0.767. The zero-order valence-electron chi connectivity index (χ0n) is 43.6. The van der Waals surface area contributed by atoms with Crippen molar-refractivity contribution < 1.29 is 24.5 Å². The SMILES string of the molecule is CC/C=C\C/C=C\C/C=C\C/C=C\C/C=C\CCCC(CC(=O)NC(CO)C(O)CCCCCCCCCCCCCCCCCCC)OC(=O)CCCCC/C=C\CCCCCCCC. The van der Waals surface area contributed by atoms with Crippen LogP contribution >= 0.6 is 0 Å². The minimum absolute atomic E-state index is 0.0309. The monoisotopic (exact) mass is 922 g/mol. The number of ether oxygens (including phenoxy) is 1. The highest BCUT2D eigenvalue weighted by Gasteiger charge is 2.24. The number of unbranched alkanes of at least 4 members (excludes halogenated alkanes) is 26. The van der Waals surface area contributed by atoms with E-state index >= 15 is 0 Å². The fourth-order valence-corrected chi connectivity index (χ4v) is 8.28. The van der Waals surface area contributed by atoms with Gasteiger partial charge in [0.1, 0.15) is 6.10 Å². The average Bonchev–Trinajstić information content (AvgIpc) is 3.31. The molecule has 0 aromatic carbocycles. The first-order chi connectivity index (χ1) is 32.5. The minimum Gasteiger partial charge on any atom is -0.462 e. The van der Waals surface area contributed by atoms with E-state index in [0.717, 1.165) is 96.3 Å². The highest BCUT2D eigenvalue weighted by atomic mass is 16.5. The molecule has 0 spiro atoms. The first kappa shape index (κ1) is 63.3. The number of allylic oxidation sites excluding steroid dienone is 12. The third-order valence-corrected chi connectivity index (χ3v) is 12.5. The maximum atomic E-state index is 13.2. The molecule has 6 nitrogen and oxygen atoms in total. The van der Waals surface area contributed by atoms with Gasteiger partial charge < -0.3 is 20.3 Å². The van der Waals surface area contributed by atoms with Crippen LogP contribution in [0.4, 0.5) is 0 Å².